The molecule has 1 aliphatic heterocycles. The maximum absolute atomic E-state index is 12.1. The summed E-state index contributed by atoms with van der Waals surface area (Å²) >= 11 is 0. The van der Waals surface area contributed by atoms with E-state index >= 15 is 0 Å². The zero-order valence-electron chi connectivity index (χ0n) is 10.3. The molecule has 2 aromatic rings. The highest BCUT2D eigenvalue weighted by atomic mass is 16.2. The van der Waals surface area contributed by atoms with Crippen LogP contribution in [0, 0.1) is 0 Å². The smallest absolute Gasteiger partial charge is 0.261 e. The van der Waals surface area contributed by atoms with Gasteiger partial charge in [-0.05, 0) is 25.0 Å². The second-order valence-corrected chi connectivity index (χ2v) is 4.47. The third kappa shape index (κ3) is 2.03. The van der Waals surface area contributed by atoms with Gasteiger partial charge in [-0.1, -0.05) is 12.1 Å². The first-order valence-electron chi connectivity index (χ1n) is 6.20. The fraction of sp³-hybridized carbons (Fsp3) is 0.214. The molecule has 0 atom stereocenters. The number of nitrogens with one attached hydrogen (secondary N) is 1. The molecule has 19 heavy (non-hydrogen) atoms. The Morgan fingerprint density at radius 1 is 1.11 bits per heavy atom. The number of carbonyl (C=O) groups is 2. The number of aromatic amines is 1. The monoisotopic (exact) mass is 255 g/mol. The van der Waals surface area contributed by atoms with Crippen LogP contribution in [0.25, 0.3) is 0 Å². The molecule has 3 rings (SSSR count). The lowest BCUT2D eigenvalue weighted by molar-refractivity contribution is 0.0652. The normalized spacial score (nSPS) is 14.0. The van der Waals surface area contributed by atoms with Crippen molar-refractivity contribution in [2.45, 2.75) is 12.8 Å². The first-order valence-corrected chi connectivity index (χ1v) is 6.20. The Kier molecular flexibility index (Phi) is 2.87. The summed E-state index contributed by atoms with van der Waals surface area (Å²) in [6, 6.07) is 6.95. The number of hydrogen-bond donors (Lipinski definition) is 1. The molecule has 5 nitrogen and oxygen atoms in total. The largest absolute Gasteiger partial charge is 0.351 e. The van der Waals surface area contributed by atoms with E-state index in [4.69, 9.17) is 0 Å². The van der Waals surface area contributed by atoms with Crippen molar-refractivity contribution in [3.05, 3.63) is 53.6 Å². The zero-order chi connectivity index (χ0) is 13.2. The van der Waals surface area contributed by atoms with Gasteiger partial charge in [0.15, 0.2) is 0 Å². The number of aromatic nitrogens is 2. The van der Waals surface area contributed by atoms with Crippen LogP contribution in [0.2, 0.25) is 0 Å². The van der Waals surface area contributed by atoms with E-state index in [1.165, 1.54) is 4.90 Å². The van der Waals surface area contributed by atoms with Gasteiger partial charge in [-0.3, -0.25) is 14.5 Å². The fourth-order valence-corrected chi connectivity index (χ4v) is 2.29. The van der Waals surface area contributed by atoms with E-state index in [1.54, 1.807) is 30.6 Å². The minimum Gasteiger partial charge on any atom is -0.351 e. The molecule has 0 aliphatic carbocycles. The highest BCUT2D eigenvalue weighted by Gasteiger charge is 2.34. The number of carbonyl (C=O) groups excluding carboxylic acids is 2. The second-order valence-electron chi connectivity index (χ2n) is 4.47. The van der Waals surface area contributed by atoms with Crippen molar-refractivity contribution in [2.75, 3.05) is 6.54 Å². The van der Waals surface area contributed by atoms with Crippen molar-refractivity contribution in [1.29, 1.82) is 0 Å². The molecule has 5 heteroatoms. The second kappa shape index (κ2) is 4.68. The van der Waals surface area contributed by atoms with E-state index in [0.717, 1.165) is 18.5 Å². The molecule has 1 N–H and O–H groups in total. The summed E-state index contributed by atoms with van der Waals surface area (Å²) in [4.78, 5) is 32.5. The lowest BCUT2D eigenvalue weighted by Crippen LogP contribution is -2.30. The number of aryl methyl sites for hydroxylation is 1. The topological polar surface area (TPSA) is 66.1 Å². The number of rotatable bonds is 4. The summed E-state index contributed by atoms with van der Waals surface area (Å²) < 4.78 is 0. The summed E-state index contributed by atoms with van der Waals surface area (Å²) in [7, 11) is 0. The standard InChI is InChI=1S/C14H13N3O2/c18-13-11-5-1-2-6-12(11)14(19)17(13)7-3-4-10-8-15-9-16-10/h1-2,5-6,8-9H,3-4,7H2,(H,15,16). The van der Waals surface area contributed by atoms with Gasteiger partial charge in [0.25, 0.3) is 11.8 Å². The number of imide groups is 1. The predicted molar refractivity (Wildman–Crippen MR) is 68.7 cm³/mol. The highest BCUT2D eigenvalue weighted by molar-refractivity contribution is 6.21. The van der Waals surface area contributed by atoms with Gasteiger partial charge in [0.1, 0.15) is 0 Å². The number of fused-ring (bicyclic) bond motifs is 1. The van der Waals surface area contributed by atoms with Crippen LogP contribution in [0.3, 0.4) is 0 Å². The Labute approximate surface area is 110 Å². The maximum Gasteiger partial charge on any atom is 0.261 e. The Hall–Kier alpha value is -2.43. The summed E-state index contributed by atoms with van der Waals surface area (Å²) in [5.41, 5.74) is 1.95. The van der Waals surface area contributed by atoms with E-state index in [1.807, 2.05) is 6.20 Å². The highest BCUT2D eigenvalue weighted by Crippen LogP contribution is 2.22. The van der Waals surface area contributed by atoms with Crippen molar-refractivity contribution < 1.29 is 9.59 Å². The number of nitrogens with zero attached hydrogens (tertiary/aromatic N) is 2. The average molecular weight is 255 g/mol. The molecular formula is C14H13N3O2. The summed E-state index contributed by atoms with van der Waals surface area (Å²) in [5, 5.41) is 0. The van der Waals surface area contributed by atoms with Crippen molar-refractivity contribution in [3.63, 3.8) is 0 Å². The van der Waals surface area contributed by atoms with Gasteiger partial charge in [0.05, 0.1) is 23.1 Å². The maximum atomic E-state index is 12.1. The van der Waals surface area contributed by atoms with Crippen molar-refractivity contribution >= 4 is 11.8 Å². The molecule has 0 bridgehead atoms. The Bertz CT molecular complexity index is 584. The summed E-state index contributed by atoms with van der Waals surface area (Å²) in [6.45, 7) is 0.430. The van der Waals surface area contributed by atoms with Crippen LogP contribution in [0.1, 0.15) is 32.8 Å². The van der Waals surface area contributed by atoms with Gasteiger partial charge in [-0.25, -0.2) is 4.98 Å². The lowest BCUT2D eigenvalue weighted by Gasteiger charge is -2.12. The van der Waals surface area contributed by atoms with Crippen LogP contribution in [0.5, 0.6) is 0 Å². The van der Waals surface area contributed by atoms with Gasteiger partial charge in [-0.15, -0.1) is 0 Å². The molecule has 2 heterocycles. The molecule has 0 saturated heterocycles. The first-order chi connectivity index (χ1) is 9.27. The van der Waals surface area contributed by atoms with Gasteiger partial charge in [0.2, 0.25) is 0 Å². The van der Waals surface area contributed by atoms with Gasteiger partial charge < -0.3 is 4.98 Å². The molecule has 1 aliphatic rings. The van der Waals surface area contributed by atoms with Crippen molar-refractivity contribution in [1.82, 2.24) is 14.9 Å². The lowest BCUT2D eigenvalue weighted by atomic mass is 10.1. The number of H-pyrrole nitrogens is 1. The Balaban J connectivity index is 1.67. The van der Waals surface area contributed by atoms with Crippen LogP contribution >= 0.6 is 0 Å². The molecule has 0 radical (unpaired) electrons. The van der Waals surface area contributed by atoms with Crippen molar-refractivity contribution in [3.8, 4) is 0 Å². The predicted octanol–water partition coefficient (Wildman–Crippen LogP) is 1.64. The first kappa shape index (κ1) is 11.6. The van der Waals surface area contributed by atoms with E-state index < -0.39 is 0 Å². The summed E-state index contributed by atoms with van der Waals surface area (Å²) in [6.07, 6.45) is 4.91. The third-order valence-corrected chi connectivity index (χ3v) is 3.25. The van der Waals surface area contributed by atoms with E-state index in [0.29, 0.717) is 17.7 Å². The molecule has 0 saturated carbocycles. The van der Waals surface area contributed by atoms with Crippen LogP contribution < -0.4 is 0 Å². The molecule has 0 spiro atoms. The quantitative estimate of drug-likeness (QED) is 0.844. The van der Waals surface area contributed by atoms with E-state index in [9.17, 15) is 9.59 Å². The minimum absolute atomic E-state index is 0.192. The molecule has 0 fully saturated rings. The molecular weight excluding hydrogens is 242 g/mol. The Morgan fingerprint density at radius 3 is 2.37 bits per heavy atom. The third-order valence-electron chi connectivity index (χ3n) is 3.25. The number of amides is 2. The molecule has 1 aromatic carbocycles. The van der Waals surface area contributed by atoms with Crippen LogP contribution in [0.15, 0.2) is 36.8 Å². The van der Waals surface area contributed by atoms with Crippen molar-refractivity contribution in [2.24, 2.45) is 0 Å². The molecule has 96 valence electrons. The van der Waals surface area contributed by atoms with Crippen LogP contribution in [-0.4, -0.2) is 33.2 Å². The van der Waals surface area contributed by atoms with Gasteiger partial charge >= 0.3 is 0 Å². The number of hydrogen-bond acceptors (Lipinski definition) is 3. The van der Waals surface area contributed by atoms with Crippen LogP contribution in [0.4, 0.5) is 0 Å². The SMILES string of the molecule is O=C1c2ccccc2C(=O)N1CCCc1c[nH]cn1. The Morgan fingerprint density at radius 2 is 1.79 bits per heavy atom. The van der Waals surface area contributed by atoms with Gasteiger partial charge in [0, 0.05) is 12.7 Å². The number of benzene rings is 1. The van der Waals surface area contributed by atoms with E-state index in [-0.39, 0.29) is 11.8 Å². The fourth-order valence-electron chi connectivity index (χ4n) is 2.29. The molecule has 1 aromatic heterocycles. The summed E-state index contributed by atoms with van der Waals surface area (Å²) in [5.74, 6) is -0.384. The molecule has 2 amide bonds. The molecule has 0 unspecified atom stereocenters. The van der Waals surface area contributed by atoms with E-state index in [2.05, 4.69) is 9.97 Å². The average Bonchev–Trinajstić information content (AvgIpc) is 3.02. The number of imidazole rings is 1. The minimum atomic E-state index is -0.192. The zero-order valence-corrected chi connectivity index (χ0v) is 10.3. The van der Waals surface area contributed by atoms with Crippen LogP contribution in [-0.2, 0) is 6.42 Å². The van der Waals surface area contributed by atoms with Gasteiger partial charge in [-0.2, -0.15) is 0 Å².